The molecule has 0 radical (unpaired) electrons. The van der Waals surface area contributed by atoms with Crippen LogP contribution in [0.15, 0.2) is 41.3 Å². The first-order valence-electron chi connectivity index (χ1n) is 7.56. The predicted molar refractivity (Wildman–Crippen MR) is 92.5 cm³/mol. The lowest BCUT2D eigenvalue weighted by Crippen LogP contribution is -2.28. The predicted octanol–water partition coefficient (Wildman–Crippen LogP) is 3.28. The number of hydrogen-bond acceptors (Lipinski definition) is 3. The van der Waals surface area contributed by atoms with E-state index in [1.54, 1.807) is 13.0 Å². The van der Waals surface area contributed by atoms with Gasteiger partial charge in [0.2, 0.25) is 10.0 Å². The van der Waals surface area contributed by atoms with Crippen LogP contribution in [0.3, 0.4) is 0 Å². The normalized spacial score (nSPS) is 11.5. The fraction of sp³-hybridized carbons (Fsp3) is 0.333. The zero-order valence-electron chi connectivity index (χ0n) is 14.0. The number of rotatable bonds is 6. The average Bonchev–Trinajstić information content (AvgIpc) is 2.49. The van der Waals surface area contributed by atoms with Crippen molar-refractivity contribution in [2.45, 2.75) is 32.6 Å². The second-order valence-corrected chi connectivity index (χ2v) is 7.50. The Morgan fingerprint density at radius 3 is 2.30 bits per heavy atom. The Morgan fingerprint density at radius 2 is 1.61 bits per heavy atom. The zero-order valence-corrected chi connectivity index (χ0v) is 14.8. The third-order valence-electron chi connectivity index (χ3n) is 3.77. The molecule has 0 aliphatic heterocycles. The summed E-state index contributed by atoms with van der Waals surface area (Å²) in [5.74, 6) is 0.749. The van der Waals surface area contributed by atoms with Gasteiger partial charge in [-0.2, -0.15) is 0 Å². The smallest absolute Gasteiger partial charge is 0.240 e. The average molecular weight is 333 g/mol. The van der Waals surface area contributed by atoms with Gasteiger partial charge < -0.3 is 4.74 Å². The molecule has 1 N–H and O–H groups in total. The van der Waals surface area contributed by atoms with Crippen LogP contribution in [0, 0.1) is 27.7 Å². The number of hydrogen-bond donors (Lipinski definition) is 1. The van der Waals surface area contributed by atoms with E-state index < -0.39 is 10.0 Å². The van der Waals surface area contributed by atoms with E-state index in [1.807, 2.05) is 51.1 Å². The molecule has 0 fully saturated rings. The summed E-state index contributed by atoms with van der Waals surface area (Å²) in [5.41, 5.74) is 4.01. The second-order valence-electron chi connectivity index (χ2n) is 5.76. The van der Waals surface area contributed by atoms with Crippen molar-refractivity contribution in [3.63, 3.8) is 0 Å². The van der Waals surface area contributed by atoms with Crippen LogP contribution in [-0.4, -0.2) is 21.6 Å². The Balaban J connectivity index is 1.95. The second kappa shape index (κ2) is 7.15. The largest absolute Gasteiger partial charge is 0.492 e. The van der Waals surface area contributed by atoms with Gasteiger partial charge in [-0.3, -0.25) is 0 Å². The molecule has 0 aromatic heterocycles. The van der Waals surface area contributed by atoms with Crippen LogP contribution in [0.1, 0.15) is 22.3 Å². The molecular weight excluding hydrogens is 310 g/mol. The Hall–Kier alpha value is -1.85. The molecule has 2 aromatic carbocycles. The van der Waals surface area contributed by atoms with Crippen LogP contribution in [0.4, 0.5) is 0 Å². The molecule has 0 bridgehead atoms. The number of aryl methyl sites for hydroxylation is 4. The molecule has 0 heterocycles. The Bertz CT molecular complexity index is 798. The van der Waals surface area contributed by atoms with Gasteiger partial charge >= 0.3 is 0 Å². The first kappa shape index (κ1) is 17.5. The van der Waals surface area contributed by atoms with Gasteiger partial charge in [0.15, 0.2) is 0 Å². The molecule has 0 atom stereocenters. The molecule has 2 aromatic rings. The van der Waals surface area contributed by atoms with Gasteiger partial charge in [0.25, 0.3) is 0 Å². The van der Waals surface area contributed by atoms with Crippen LogP contribution in [-0.2, 0) is 10.0 Å². The highest BCUT2D eigenvalue weighted by molar-refractivity contribution is 7.89. The summed E-state index contributed by atoms with van der Waals surface area (Å²) < 4.78 is 32.9. The highest BCUT2D eigenvalue weighted by atomic mass is 32.2. The molecule has 0 amide bonds. The molecular formula is C18H23NO3S. The molecule has 0 saturated heterocycles. The first-order valence-corrected chi connectivity index (χ1v) is 9.05. The van der Waals surface area contributed by atoms with Gasteiger partial charge in [0, 0.05) is 6.54 Å². The lowest BCUT2D eigenvalue weighted by Gasteiger charge is -2.11. The highest BCUT2D eigenvalue weighted by Crippen LogP contribution is 2.17. The zero-order chi connectivity index (χ0) is 17.0. The lowest BCUT2D eigenvalue weighted by atomic mass is 10.1. The molecule has 4 nitrogen and oxygen atoms in total. The minimum absolute atomic E-state index is 0.225. The van der Waals surface area contributed by atoms with Crippen molar-refractivity contribution in [1.82, 2.24) is 4.72 Å². The summed E-state index contributed by atoms with van der Waals surface area (Å²) in [4.78, 5) is 0.323. The molecule has 0 unspecified atom stereocenters. The minimum Gasteiger partial charge on any atom is -0.492 e. The fourth-order valence-electron chi connectivity index (χ4n) is 2.22. The van der Waals surface area contributed by atoms with E-state index in [2.05, 4.69) is 4.72 Å². The van der Waals surface area contributed by atoms with Gasteiger partial charge in [0.05, 0.1) is 4.90 Å². The van der Waals surface area contributed by atoms with E-state index in [-0.39, 0.29) is 13.2 Å². The highest BCUT2D eigenvalue weighted by Gasteiger charge is 2.16. The van der Waals surface area contributed by atoms with Crippen LogP contribution < -0.4 is 9.46 Å². The maximum Gasteiger partial charge on any atom is 0.240 e. The SMILES string of the molecule is Cc1ccc(C)c(S(=O)(=O)NCCOc2ccc(C)c(C)c2)c1. The summed E-state index contributed by atoms with van der Waals surface area (Å²) in [7, 11) is -3.51. The van der Waals surface area contributed by atoms with Crippen molar-refractivity contribution in [2.75, 3.05) is 13.2 Å². The molecule has 23 heavy (non-hydrogen) atoms. The van der Waals surface area contributed by atoms with Crippen molar-refractivity contribution in [3.8, 4) is 5.75 Å². The molecule has 0 aliphatic carbocycles. The van der Waals surface area contributed by atoms with Crippen LogP contribution in [0.25, 0.3) is 0 Å². The van der Waals surface area contributed by atoms with E-state index >= 15 is 0 Å². The Labute approximate surface area is 138 Å². The summed E-state index contributed by atoms with van der Waals surface area (Å²) in [6.45, 7) is 8.24. The summed E-state index contributed by atoms with van der Waals surface area (Å²) in [6, 6.07) is 11.2. The molecule has 0 aliphatic rings. The van der Waals surface area contributed by atoms with Crippen molar-refractivity contribution in [2.24, 2.45) is 0 Å². The van der Waals surface area contributed by atoms with E-state index in [4.69, 9.17) is 4.74 Å². The maximum absolute atomic E-state index is 12.3. The van der Waals surface area contributed by atoms with Crippen LogP contribution in [0.5, 0.6) is 5.75 Å². The number of ether oxygens (including phenoxy) is 1. The molecule has 2 rings (SSSR count). The molecule has 0 saturated carbocycles. The number of sulfonamides is 1. The Kier molecular flexibility index (Phi) is 5.44. The van der Waals surface area contributed by atoms with Gasteiger partial charge in [-0.25, -0.2) is 13.1 Å². The quantitative estimate of drug-likeness (QED) is 0.826. The topological polar surface area (TPSA) is 55.4 Å². The summed E-state index contributed by atoms with van der Waals surface area (Å²) in [6.07, 6.45) is 0. The molecule has 124 valence electrons. The van der Waals surface area contributed by atoms with E-state index in [9.17, 15) is 8.42 Å². The van der Waals surface area contributed by atoms with Crippen molar-refractivity contribution >= 4 is 10.0 Å². The monoisotopic (exact) mass is 333 g/mol. The van der Waals surface area contributed by atoms with E-state index in [0.29, 0.717) is 4.90 Å². The molecule has 0 spiro atoms. The summed E-state index contributed by atoms with van der Waals surface area (Å²) in [5, 5.41) is 0. The van der Waals surface area contributed by atoms with Gasteiger partial charge in [-0.05, 0) is 68.1 Å². The van der Waals surface area contributed by atoms with Crippen LogP contribution in [0.2, 0.25) is 0 Å². The maximum atomic E-state index is 12.3. The van der Waals surface area contributed by atoms with E-state index in [0.717, 1.165) is 22.4 Å². The number of nitrogens with one attached hydrogen (secondary N) is 1. The van der Waals surface area contributed by atoms with Gasteiger partial charge in [-0.1, -0.05) is 18.2 Å². The van der Waals surface area contributed by atoms with Crippen molar-refractivity contribution in [3.05, 3.63) is 58.7 Å². The van der Waals surface area contributed by atoms with E-state index in [1.165, 1.54) is 5.56 Å². The minimum atomic E-state index is -3.51. The third kappa shape index (κ3) is 4.56. The fourth-order valence-corrected chi connectivity index (χ4v) is 3.56. The van der Waals surface area contributed by atoms with Crippen LogP contribution >= 0.6 is 0 Å². The lowest BCUT2D eigenvalue weighted by molar-refractivity contribution is 0.322. The third-order valence-corrected chi connectivity index (χ3v) is 5.38. The first-order chi connectivity index (χ1) is 10.8. The van der Waals surface area contributed by atoms with Gasteiger partial charge in [0.1, 0.15) is 12.4 Å². The van der Waals surface area contributed by atoms with Gasteiger partial charge in [-0.15, -0.1) is 0 Å². The van der Waals surface area contributed by atoms with Crippen molar-refractivity contribution < 1.29 is 13.2 Å². The standard InChI is InChI=1S/C18H23NO3S/c1-13-5-6-15(3)18(11-13)23(20,21)19-9-10-22-17-8-7-14(2)16(4)12-17/h5-8,11-12,19H,9-10H2,1-4H3. The van der Waals surface area contributed by atoms with Crippen molar-refractivity contribution in [1.29, 1.82) is 0 Å². The number of benzene rings is 2. The summed E-state index contributed by atoms with van der Waals surface area (Å²) >= 11 is 0. The Morgan fingerprint density at radius 1 is 0.913 bits per heavy atom. The molecule has 5 heteroatoms.